The molecule has 0 atom stereocenters. The Morgan fingerprint density at radius 3 is 2.42 bits per heavy atom. The minimum Gasteiger partial charge on any atom is -0.483 e. The smallest absolute Gasteiger partial charge is 0.338 e. The molecule has 1 heterocycles. The molecule has 0 saturated heterocycles. The van der Waals surface area contributed by atoms with Crippen molar-refractivity contribution in [3.05, 3.63) is 95.9 Å². The molecule has 4 rings (SSSR count). The zero-order valence-electron chi connectivity index (χ0n) is 17.9. The second-order valence-electron chi connectivity index (χ2n) is 6.91. The maximum absolute atomic E-state index is 12.8. The average molecular weight is 443 g/mol. The third-order valence-electron chi connectivity index (χ3n) is 4.64. The van der Waals surface area contributed by atoms with E-state index in [1.54, 1.807) is 55.5 Å². The predicted molar refractivity (Wildman–Crippen MR) is 121 cm³/mol. The molecule has 0 aliphatic carbocycles. The van der Waals surface area contributed by atoms with E-state index in [2.05, 4.69) is 15.5 Å². The lowest BCUT2D eigenvalue weighted by atomic mass is 10.1. The number of hydrogen-bond acceptors (Lipinski definition) is 7. The molecule has 1 aromatic heterocycles. The van der Waals surface area contributed by atoms with E-state index in [1.165, 1.54) is 0 Å². The molecular formula is C25H21N3O5. The summed E-state index contributed by atoms with van der Waals surface area (Å²) in [7, 11) is 0. The fourth-order valence-corrected chi connectivity index (χ4v) is 3.04. The van der Waals surface area contributed by atoms with Crippen molar-refractivity contribution in [1.29, 1.82) is 0 Å². The van der Waals surface area contributed by atoms with Gasteiger partial charge in [0.15, 0.2) is 6.61 Å². The average Bonchev–Trinajstić information content (AvgIpc) is 3.33. The number of benzene rings is 3. The standard InChI is InChI=1S/C25H21N3O5/c1-2-31-25(30)18-12-14-19(15-13-18)26-24(29)20-10-6-7-11-21(20)32-16-22-27-23(28-33-22)17-8-4-3-5-9-17/h3-15H,2,16H2,1H3,(H,26,29). The van der Waals surface area contributed by atoms with Gasteiger partial charge in [-0.05, 0) is 43.3 Å². The van der Waals surface area contributed by atoms with Gasteiger partial charge in [-0.15, -0.1) is 0 Å². The van der Waals surface area contributed by atoms with E-state index >= 15 is 0 Å². The van der Waals surface area contributed by atoms with Crippen LogP contribution in [-0.2, 0) is 11.3 Å². The van der Waals surface area contributed by atoms with Crippen molar-refractivity contribution < 1.29 is 23.6 Å². The monoisotopic (exact) mass is 443 g/mol. The first-order valence-electron chi connectivity index (χ1n) is 10.3. The molecule has 0 radical (unpaired) electrons. The van der Waals surface area contributed by atoms with Crippen LogP contribution < -0.4 is 10.1 Å². The van der Waals surface area contributed by atoms with Gasteiger partial charge in [0, 0.05) is 11.3 Å². The quantitative estimate of drug-likeness (QED) is 0.392. The maximum Gasteiger partial charge on any atom is 0.338 e. The topological polar surface area (TPSA) is 104 Å². The van der Waals surface area contributed by atoms with Gasteiger partial charge in [0.25, 0.3) is 11.8 Å². The highest BCUT2D eigenvalue weighted by atomic mass is 16.5. The molecule has 4 aromatic rings. The van der Waals surface area contributed by atoms with Crippen molar-refractivity contribution in [2.24, 2.45) is 0 Å². The van der Waals surface area contributed by atoms with Crippen LogP contribution >= 0.6 is 0 Å². The molecule has 1 N–H and O–H groups in total. The highest BCUT2D eigenvalue weighted by Gasteiger charge is 2.15. The number of rotatable bonds is 8. The van der Waals surface area contributed by atoms with E-state index in [-0.39, 0.29) is 12.5 Å². The van der Waals surface area contributed by atoms with Gasteiger partial charge in [-0.25, -0.2) is 4.79 Å². The summed E-state index contributed by atoms with van der Waals surface area (Å²) in [5.41, 5.74) is 2.12. The second-order valence-corrected chi connectivity index (χ2v) is 6.91. The molecule has 0 aliphatic heterocycles. The van der Waals surface area contributed by atoms with Crippen LogP contribution in [0.4, 0.5) is 5.69 Å². The fourth-order valence-electron chi connectivity index (χ4n) is 3.04. The van der Waals surface area contributed by atoms with Crippen LogP contribution in [0.5, 0.6) is 5.75 Å². The van der Waals surface area contributed by atoms with Crippen LogP contribution in [0.25, 0.3) is 11.4 Å². The van der Waals surface area contributed by atoms with Crippen LogP contribution in [0.1, 0.15) is 33.5 Å². The fraction of sp³-hybridized carbons (Fsp3) is 0.120. The molecule has 0 spiro atoms. The number of carbonyl (C=O) groups is 2. The first-order valence-corrected chi connectivity index (χ1v) is 10.3. The summed E-state index contributed by atoms with van der Waals surface area (Å²) < 4.78 is 16.0. The Kier molecular flexibility index (Phi) is 6.75. The Hall–Kier alpha value is -4.46. The highest BCUT2D eigenvalue weighted by molar-refractivity contribution is 6.06. The van der Waals surface area contributed by atoms with Crippen LogP contribution in [0.3, 0.4) is 0 Å². The predicted octanol–water partition coefficient (Wildman–Crippen LogP) is 4.74. The number of para-hydroxylation sites is 1. The van der Waals surface area contributed by atoms with Gasteiger partial charge in [-0.1, -0.05) is 47.6 Å². The lowest BCUT2D eigenvalue weighted by Crippen LogP contribution is -2.14. The van der Waals surface area contributed by atoms with Crippen LogP contribution in [0.15, 0.2) is 83.4 Å². The molecule has 8 heteroatoms. The van der Waals surface area contributed by atoms with Crippen molar-refractivity contribution in [2.45, 2.75) is 13.5 Å². The summed E-state index contributed by atoms with van der Waals surface area (Å²) in [6, 6.07) is 22.8. The molecule has 0 aliphatic rings. The van der Waals surface area contributed by atoms with E-state index in [4.69, 9.17) is 14.0 Å². The number of aromatic nitrogens is 2. The van der Waals surface area contributed by atoms with Gasteiger partial charge in [-0.2, -0.15) is 4.98 Å². The number of anilines is 1. The number of esters is 1. The van der Waals surface area contributed by atoms with E-state index in [9.17, 15) is 9.59 Å². The van der Waals surface area contributed by atoms with E-state index in [1.807, 2.05) is 30.3 Å². The van der Waals surface area contributed by atoms with Crippen LogP contribution in [0.2, 0.25) is 0 Å². The number of amides is 1. The van der Waals surface area contributed by atoms with Crippen molar-refractivity contribution in [3.8, 4) is 17.1 Å². The Labute approximate surface area is 190 Å². The lowest BCUT2D eigenvalue weighted by Gasteiger charge is -2.11. The third kappa shape index (κ3) is 5.43. The van der Waals surface area contributed by atoms with Crippen molar-refractivity contribution in [3.63, 3.8) is 0 Å². The van der Waals surface area contributed by atoms with Crippen LogP contribution in [0, 0.1) is 0 Å². The first-order chi connectivity index (χ1) is 16.1. The van der Waals surface area contributed by atoms with Crippen molar-refractivity contribution >= 4 is 17.6 Å². The Morgan fingerprint density at radius 2 is 1.67 bits per heavy atom. The number of nitrogens with zero attached hydrogens (tertiary/aromatic N) is 2. The molecule has 0 bridgehead atoms. The molecule has 8 nitrogen and oxygen atoms in total. The number of carbonyl (C=O) groups excluding carboxylic acids is 2. The van der Waals surface area contributed by atoms with Gasteiger partial charge in [-0.3, -0.25) is 4.79 Å². The minimum absolute atomic E-state index is 0.0123. The number of nitrogens with one attached hydrogen (secondary N) is 1. The largest absolute Gasteiger partial charge is 0.483 e. The molecule has 0 unspecified atom stereocenters. The Bertz CT molecular complexity index is 1240. The third-order valence-corrected chi connectivity index (χ3v) is 4.64. The molecule has 3 aromatic carbocycles. The normalized spacial score (nSPS) is 10.5. The van der Waals surface area contributed by atoms with Gasteiger partial charge < -0.3 is 19.3 Å². The van der Waals surface area contributed by atoms with E-state index < -0.39 is 5.97 Å². The van der Waals surface area contributed by atoms with Gasteiger partial charge in [0.2, 0.25) is 5.82 Å². The summed E-state index contributed by atoms with van der Waals surface area (Å²) in [6.07, 6.45) is 0. The van der Waals surface area contributed by atoms with Crippen LogP contribution in [-0.4, -0.2) is 28.6 Å². The summed E-state index contributed by atoms with van der Waals surface area (Å²) >= 11 is 0. The molecule has 0 saturated carbocycles. The Balaban J connectivity index is 1.41. The summed E-state index contributed by atoms with van der Waals surface area (Å²) in [6.45, 7) is 2.05. The zero-order valence-corrected chi connectivity index (χ0v) is 17.9. The highest BCUT2D eigenvalue weighted by Crippen LogP contribution is 2.22. The maximum atomic E-state index is 12.8. The molecule has 33 heavy (non-hydrogen) atoms. The lowest BCUT2D eigenvalue weighted by molar-refractivity contribution is 0.0526. The van der Waals surface area contributed by atoms with Crippen molar-refractivity contribution in [2.75, 3.05) is 11.9 Å². The second kappa shape index (κ2) is 10.2. The molecule has 1 amide bonds. The van der Waals surface area contributed by atoms with E-state index in [0.717, 1.165) is 5.56 Å². The van der Waals surface area contributed by atoms with E-state index in [0.29, 0.717) is 40.9 Å². The molecule has 0 fully saturated rings. The summed E-state index contributed by atoms with van der Waals surface area (Å²) in [4.78, 5) is 28.9. The Morgan fingerprint density at radius 1 is 0.939 bits per heavy atom. The number of ether oxygens (including phenoxy) is 2. The van der Waals surface area contributed by atoms with Crippen molar-refractivity contribution in [1.82, 2.24) is 10.1 Å². The first kappa shape index (κ1) is 21.8. The van der Waals surface area contributed by atoms with Gasteiger partial charge in [0.05, 0.1) is 17.7 Å². The summed E-state index contributed by atoms with van der Waals surface area (Å²) in [5.74, 6) is 0.360. The zero-order chi connectivity index (χ0) is 23.0. The molecular weight excluding hydrogens is 422 g/mol. The number of hydrogen-bond donors (Lipinski definition) is 1. The molecule has 166 valence electrons. The van der Waals surface area contributed by atoms with Gasteiger partial charge >= 0.3 is 5.97 Å². The van der Waals surface area contributed by atoms with Gasteiger partial charge in [0.1, 0.15) is 5.75 Å². The summed E-state index contributed by atoms with van der Waals surface area (Å²) in [5, 5.41) is 6.76. The minimum atomic E-state index is -0.412. The SMILES string of the molecule is CCOC(=O)c1ccc(NC(=O)c2ccccc2OCc2nc(-c3ccccc3)no2)cc1.